The van der Waals surface area contributed by atoms with E-state index in [1.54, 1.807) is 20.3 Å². The van der Waals surface area contributed by atoms with Crippen LogP contribution in [0, 0.1) is 0 Å². The molecule has 1 heterocycles. The molecule has 0 bridgehead atoms. The van der Waals surface area contributed by atoms with Gasteiger partial charge in [-0.1, -0.05) is 60.7 Å². The Bertz CT molecular complexity index is 1030. The van der Waals surface area contributed by atoms with Gasteiger partial charge in [-0.3, -0.25) is 4.79 Å². The summed E-state index contributed by atoms with van der Waals surface area (Å²) in [6.07, 6.45) is 0.509. The molecule has 0 radical (unpaired) electrons. The Morgan fingerprint density at radius 2 is 1.62 bits per heavy atom. The number of hydrogen-bond donors (Lipinski definition) is 1. The minimum Gasteiger partial charge on any atom is -0.493 e. The van der Waals surface area contributed by atoms with Crippen LogP contribution in [0.1, 0.15) is 27.0 Å². The van der Waals surface area contributed by atoms with E-state index < -0.39 is 5.72 Å². The van der Waals surface area contributed by atoms with E-state index in [1.807, 2.05) is 66.7 Å². The molecule has 0 saturated carbocycles. The zero-order valence-electron chi connectivity index (χ0n) is 16.5. The van der Waals surface area contributed by atoms with Gasteiger partial charge in [0, 0.05) is 23.2 Å². The molecule has 1 atom stereocenters. The maximum atomic E-state index is 13.2. The predicted octanol–water partition coefficient (Wildman–Crippen LogP) is 3.60. The standard InChI is InChI=1S/C24H23NO4/c1-28-21-14-8-9-17(22(21)29-2)15-16-25-23(26)19-12-6-7-13-20(19)24(25,27)18-10-4-3-5-11-18/h3-14,27H,15-16H2,1-2H3. The number of amides is 1. The Hall–Kier alpha value is -3.31. The van der Waals surface area contributed by atoms with Gasteiger partial charge in [0.05, 0.1) is 14.2 Å². The Morgan fingerprint density at radius 3 is 2.34 bits per heavy atom. The summed E-state index contributed by atoms with van der Waals surface area (Å²) in [5.74, 6) is 1.09. The third kappa shape index (κ3) is 3.04. The predicted molar refractivity (Wildman–Crippen MR) is 110 cm³/mol. The number of carbonyl (C=O) groups excluding carboxylic acids is 1. The SMILES string of the molecule is COc1cccc(CCN2C(=O)c3ccccc3C2(O)c2ccccc2)c1OC. The summed E-state index contributed by atoms with van der Waals surface area (Å²) in [5, 5.41) is 11.8. The molecule has 1 unspecified atom stereocenters. The highest BCUT2D eigenvalue weighted by molar-refractivity contribution is 6.00. The molecule has 1 amide bonds. The molecular formula is C24H23NO4. The molecule has 5 nitrogen and oxygen atoms in total. The van der Waals surface area contributed by atoms with E-state index in [1.165, 1.54) is 4.90 Å². The minimum atomic E-state index is -1.51. The number of rotatable bonds is 6. The number of ether oxygens (including phenoxy) is 2. The van der Waals surface area contributed by atoms with E-state index in [0.29, 0.717) is 41.2 Å². The van der Waals surface area contributed by atoms with Gasteiger partial charge >= 0.3 is 0 Å². The number of hydrogen-bond acceptors (Lipinski definition) is 4. The van der Waals surface area contributed by atoms with E-state index in [9.17, 15) is 9.90 Å². The summed E-state index contributed by atoms with van der Waals surface area (Å²) in [4.78, 5) is 14.7. The molecule has 0 aromatic heterocycles. The molecule has 1 N–H and O–H groups in total. The number of para-hydroxylation sites is 1. The topological polar surface area (TPSA) is 59.0 Å². The van der Waals surface area contributed by atoms with Crippen LogP contribution >= 0.6 is 0 Å². The Labute approximate surface area is 170 Å². The number of aliphatic hydroxyl groups is 1. The molecule has 1 aliphatic heterocycles. The summed E-state index contributed by atoms with van der Waals surface area (Å²) in [5.41, 5.74) is 1.19. The zero-order chi connectivity index (χ0) is 20.4. The Morgan fingerprint density at radius 1 is 0.897 bits per heavy atom. The molecule has 3 aromatic carbocycles. The van der Waals surface area contributed by atoms with Crippen molar-refractivity contribution in [2.45, 2.75) is 12.1 Å². The third-order valence-corrected chi connectivity index (χ3v) is 5.43. The van der Waals surface area contributed by atoms with E-state index in [4.69, 9.17) is 9.47 Å². The summed E-state index contributed by atoms with van der Waals surface area (Å²) >= 11 is 0. The molecule has 4 rings (SSSR count). The van der Waals surface area contributed by atoms with Crippen molar-refractivity contribution in [1.29, 1.82) is 0 Å². The van der Waals surface area contributed by atoms with E-state index in [-0.39, 0.29) is 5.91 Å². The molecule has 0 aliphatic carbocycles. The average Bonchev–Trinajstić information content (AvgIpc) is 3.00. The van der Waals surface area contributed by atoms with Crippen LogP contribution in [0.5, 0.6) is 11.5 Å². The largest absolute Gasteiger partial charge is 0.493 e. The maximum Gasteiger partial charge on any atom is 0.257 e. The molecule has 0 saturated heterocycles. The average molecular weight is 389 g/mol. The monoisotopic (exact) mass is 389 g/mol. The zero-order valence-corrected chi connectivity index (χ0v) is 16.5. The molecule has 1 aliphatic rings. The minimum absolute atomic E-state index is 0.186. The van der Waals surface area contributed by atoms with E-state index >= 15 is 0 Å². The second kappa shape index (κ2) is 7.60. The van der Waals surface area contributed by atoms with Gasteiger partial charge in [0.25, 0.3) is 5.91 Å². The van der Waals surface area contributed by atoms with Crippen molar-refractivity contribution in [2.75, 3.05) is 20.8 Å². The quantitative estimate of drug-likeness (QED) is 0.700. The van der Waals surface area contributed by atoms with Gasteiger partial charge in [-0.2, -0.15) is 0 Å². The second-order valence-electron chi connectivity index (χ2n) is 6.94. The van der Waals surface area contributed by atoms with E-state index in [2.05, 4.69) is 0 Å². The lowest BCUT2D eigenvalue weighted by molar-refractivity contribution is -0.0494. The first-order valence-electron chi connectivity index (χ1n) is 9.50. The van der Waals surface area contributed by atoms with Gasteiger partial charge in [-0.05, 0) is 24.1 Å². The van der Waals surface area contributed by atoms with Gasteiger partial charge in [-0.15, -0.1) is 0 Å². The fourth-order valence-corrected chi connectivity index (χ4v) is 4.04. The second-order valence-corrected chi connectivity index (χ2v) is 6.94. The number of fused-ring (bicyclic) bond motifs is 1. The summed E-state index contributed by atoms with van der Waals surface area (Å²) in [6, 6.07) is 22.2. The van der Waals surface area contributed by atoms with Gasteiger partial charge < -0.3 is 19.5 Å². The fourth-order valence-electron chi connectivity index (χ4n) is 4.04. The van der Waals surface area contributed by atoms with Crippen LogP contribution in [0.2, 0.25) is 0 Å². The van der Waals surface area contributed by atoms with Gasteiger partial charge in [-0.25, -0.2) is 0 Å². The number of nitrogens with zero attached hydrogens (tertiary/aromatic N) is 1. The lowest BCUT2D eigenvalue weighted by Crippen LogP contribution is -2.45. The molecule has 3 aromatic rings. The Kier molecular flexibility index (Phi) is 4.99. The van der Waals surface area contributed by atoms with Crippen molar-refractivity contribution < 1.29 is 19.4 Å². The summed E-state index contributed by atoms with van der Waals surface area (Å²) in [6.45, 7) is 0.322. The number of carbonyl (C=O) groups is 1. The van der Waals surface area contributed by atoms with Crippen LogP contribution in [0.25, 0.3) is 0 Å². The van der Waals surface area contributed by atoms with Crippen LogP contribution < -0.4 is 9.47 Å². The summed E-state index contributed by atoms with van der Waals surface area (Å²) < 4.78 is 10.9. The molecule has 148 valence electrons. The molecule has 5 heteroatoms. The Balaban J connectivity index is 1.73. The number of benzene rings is 3. The molecule has 29 heavy (non-hydrogen) atoms. The molecule has 0 spiro atoms. The van der Waals surface area contributed by atoms with Gasteiger partial charge in [0.2, 0.25) is 0 Å². The summed E-state index contributed by atoms with van der Waals surface area (Å²) in [7, 11) is 3.19. The first-order chi connectivity index (χ1) is 14.1. The van der Waals surface area contributed by atoms with Crippen LogP contribution in [-0.2, 0) is 12.1 Å². The maximum absolute atomic E-state index is 13.2. The van der Waals surface area contributed by atoms with Gasteiger partial charge in [0.15, 0.2) is 17.2 Å². The van der Waals surface area contributed by atoms with E-state index in [0.717, 1.165) is 5.56 Å². The lowest BCUT2D eigenvalue weighted by Gasteiger charge is -2.35. The van der Waals surface area contributed by atoms with Crippen molar-refractivity contribution >= 4 is 5.91 Å². The van der Waals surface area contributed by atoms with Crippen molar-refractivity contribution in [3.63, 3.8) is 0 Å². The number of methoxy groups -OCH3 is 2. The van der Waals surface area contributed by atoms with Crippen molar-refractivity contribution in [1.82, 2.24) is 4.90 Å². The van der Waals surface area contributed by atoms with Crippen molar-refractivity contribution in [3.8, 4) is 11.5 Å². The van der Waals surface area contributed by atoms with Gasteiger partial charge in [0.1, 0.15) is 0 Å². The highest BCUT2D eigenvalue weighted by Crippen LogP contribution is 2.42. The molecular weight excluding hydrogens is 366 g/mol. The van der Waals surface area contributed by atoms with Crippen molar-refractivity contribution in [2.24, 2.45) is 0 Å². The highest BCUT2D eigenvalue weighted by Gasteiger charge is 2.49. The first-order valence-corrected chi connectivity index (χ1v) is 9.50. The smallest absolute Gasteiger partial charge is 0.257 e. The van der Waals surface area contributed by atoms with Crippen molar-refractivity contribution in [3.05, 3.63) is 95.1 Å². The van der Waals surface area contributed by atoms with Crippen LogP contribution in [0.15, 0.2) is 72.8 Å². The normalized spacial score (nSPS) is 17.9. The van der Waals surface area contributed by atoms with Crippen LogP contribution in [-0.4, -0.2) is 36.7 Å². The van der Waals surface area contributed by atoms with Crippen LogP contribution in [0.4, 0.5) is 0 Å². The van der Waals surface area contributed by atoms with Crippen LogP contribution in [0.3, 0.4) is 0 Å². The highest BCUT2D eigenvalue weighted by atomic mass is 16.5. The lowest BCUT2D eigenvalue weighted by atomic mass is 9.93. The fraction of sp³-hybridized carbons (Fsp3) is 0.208. The molecule has 0 fully saturated rings. The third-order valence-electron chi connectivity index (χ3n) is 5.43. The first kappa shape index (κ1) is 19.0.